The molecule has 3 rings (SSSR count). The molecule has 1 aliphatic rings. The van der Waals surface area contributed by atoms with Crippen molar-refractivity contribution in [2.75, 3.05) is 25.0 Å². The Hall–Kier alpha value is -2.09. The van der Waals surface area contributed by atoms with E-state index in [0.717, 1.165) is 5.56 Å². The minimum atomic E-state index is -3.69. The largest absolute Gasteiger partial charge is 0.494 e. The maximum absolute atomic E-state index is 13.1. The molecule has 1 heterocycles. The third-order valence-corrected chi connectivity index (χ3v) is 7.03. The molecule has 1 amide bonds. The number of rotatable bonds is 6. The van der Waals surface area contributed by atoms with Gasteiger partial charge in [0.2, 0.25) is 15.9 Å². The van der Waals surface area contributed by atoms with Crippen LogP contribution in [-0.4, -0.2) is 38.3 Å². The van der Waals surface area contributed by atoms with Gasteiger partial charge in [0.25, 0.3) is 0 Å². The fourth-order valence-electron chi connectivity index (χ4n) is 3.43. The predicted molar refractivity (Wildman–Crippen MR) is 114 cm³/mol. The van der Waals surface area contributed by atoms with Gasteiger partial charge >= 0.3 is 0 Å². The number of anilines is 1. The van der Waals surface area contributed by atoms with Crippen molar-refractivity contribution in [3.8, 4) is 5.75 Å². The van der Waals surface area contributed by atoms with E-state index in [9.17, 15) is 13.2 Å². The van der Waals surface area contributed by atoms with Gasteiger partial charge < -0.3 is 10.1 Å². The Kier molecular flexibility index (Phi) is 6.82. The molecule has 0 aromatic heterocycles. The molecule has 1 fully saturated rings. The van der Waals surface area contributed by atoms with Gasteiger partial charge in [-0.05, 0) is 68.7 Å². The Labute approximate surface area is 176 Å². The molecule has 2 aromatic carbocycles. The van der Waals surface area contributed by atoms with Crippen molar-refractivity contribution in [2.24, 2.45) is 5.92 Å². The molecule has 29 heavy (non-hydrogen) atoms. The van der Waals surface area contributed by atoms with E-state index < -0.39 is 15.9 Å². The fourth-order valence-corrected chi connectivity index (χ4v) is 5.23. The number of aryl methyl sites for hydroxylation is 1. The van der Waals surface area contributed by atoms with Crippen molar-refractivity contribution in [1.82, 2.24) is 4.31 Å². The highest BCUT2D eigenvalue weighted by molar-refractivity contribution is 7.89. The summed E-state index contributed by atoms with van der Waals surface area (Å²) in [5, 5.41) is 3.36. The molecule has 8 heteroatoms. The highest BCUT2D eigenvalue weighted by Crippen LogP contribution is 2.28. The summed E-state index contributed by atoms with van der Waals surface area (Å²) in [6, 6.07) is 11.8. The van der Waals surface area contributed by atoms with Crippen LogP contribution in [0.3, 0.4) is 0 Å². The molecule has 1 atom stereocenters. The molecular weight excluding hydrogens is 412 g/mol. The Bertz CT molecular complexity index is 994. The highest BCUT2D eigenvalue weighted by Gasteiger charge is 2.33. The third-order valence-electron chi connectivity index (χ3n) is 4.93. The first-order chi connectivity index (χ1) is 13.8. The maximum Gasteiger partial charge on any atom is 0.243 e. The second-order valence-corrected chi connectivity index (χ2v) is 9.44. The van der Waals surface area contributed by atoms with E-state index in [1.165, 1.54) is 4.31 Å². The number of hydrogen-bond acceptors (Lipinski definition) is 4. The summed E-state index contributed by atoms with van der Waals surface area (Å²) in [5.41, 5.74) is 1.37. The molecule has 2 aromatic rings. The summed E-state index contributed by atoms with van der Waals surface area (Å²) in [5.74, 6) is 0.0558. The van der Waals surface area contributed by atoms with Gasteiger partial charge in [0.1, 0.15) is 5.75 Å². The number of hydrogen-bond donors (Lipinski definition) is 1. The van der Waals surface area contributed by atoms with E-state index in [1.807, 2.05) is 13.8 Å². The quantitative estimate of drug-likeness (QED) is 0.740. The van der Waals surface area contributed by atoms with Gasteiger partial charge in [-0.15, -0.1) is 0 Å². The summed E-state index contributed by atoms with van der Waals surface area (Å²) in [6.45, 7) is 4.77. The van der Waals surface area contributed by atoms with Crippen LogP contribution in [-0.2, 0) is 14.8 Å². The van der Waals surface area contributed by atoms with Gasteiger partial charge in [0.05, 0.1) is 17.4 Å². The van der Waals surface area contributed by atoms with Gasteiger partial charge in [0.15, 0.2) is 0 Å². The van der Waals surface area contributed by atoms with Crippen molar-refractivity contribution >= 4 is 33.2 Å². The lowest BCUT2D eigenvalue weighted by Gasteiger charge is -2.31. The van der Waals surface area contributed by atoms with E-state index in [1.54, 1.807) is 42.5 Å². The average Bonchev–Trinajstić information content (AvgIpc) is 2.69. The van der Waals surface area contributed by atoms with E-state index >= 15 is 0 Å². The SMILES string of the molecule is CCOc1ccc(S(=O)(=O)N2CCC[C@H](C(=O)Nc3cccc(Cl)c3)C2)cc1C. The van der Waals surface area contributed by atoms with Gasteiger partial charge in [0, 0.05) is 23.8 Å². The van der Waals surface area contributed by atoms with E-state index in [2.05, 4.69) is 5.32 Å². The number of amides is 1. The third kappa shape index (κ3) is 5.10. The molecule has 156 valence electrons. The van der Waals surface area contributed by atoms with Crippen molar-refractivity contribution in [2.45, 2.75) is 31.6 Å². The molecule has 0 aliphatic carbocycles. The predicted octanol–water partition coefficient (Wildman–Crippen LogP) is 4.09. The van der Waals surface area contributed by atoms with Crippen molar-refractivity contribution in [3.63, 3.8) is 0 Å². The Morgan fingerprint density at radius 1 is 1.28 bits per heavy atom. The number of halogens is 1. The zero-order valence-corrected chi connectivity index (χ0v) is 18.1. The zero-order chi connectivity index (χ0) is 21.0. The summed E-state index contributed by atoms with van der Waals surface area (Å²) in [4.78, 5) is 12.9. The number of piperidine rings is 1. The van der Waals surface area contributed by atoms with E-state index in [4.69, 9.17) is 16.3 Å². The maximum atomic E-state index is 13.1. The molecule has 0 spiro atoms. The minimum absolute atomic E-state index is 0.154. The molecule has 0 saturated carbocycles. The van der Waals surface area contributed by atoms with Crippen molar-refractivity contribution in [1.29, 1.82) is 0 Å². The van der Waals surface area contributed by atoms with Crippen LogP contribution >= 0.6 is 11.6 Å². The molecular formula is C21H25ClN2O4S. The molecule has 0 radical (unpaired) electrons. The van der Waals surface area contributed by atoms with Crippen molar-refractivity contribution in [3.05, 3.63) is 53.1 Å². The zero-order valence-electron chi connectivity index (χ0n) is 16.5. The second-order valence-electron chi connectivity index (χ2n) is 7.06. The summed E-state index contributed by atoms with van der Waals surface area (Å²) >= 11 is 5.96. The van der Waals surface area contributed by atoms with Gasteiger partial charge in [-0.25, -0.2) is 8.42 Å². The smallest absolute Gasteiger partial charge is 0.243 e. The lowest BCUT2D eigenvalue weighted by atomic mass is 9.99. The first-order valence-corrected chi connectivity index (χ1v) is 11.4. The van der Waals surface area contributed by atoms with Crippen LogP contribution in [0.25, 0.3) is 0 Å². The van der Waals surface area contributed by atoms with Crippen LogP contribution in [0.4, 0.5) is 5.69 Å². The molecule has 0 unspecified atom stereocenters. The number of carbonyl (C=O) groups excluding carboxylic acids is 1. The highest BCUT2D eigenvalue weighted by atomic mass is 35.5. The first kappa shape index (κ1) is 21.6. The lowest BCUT2D eigenvalue weighted by molar-refractivity contribution is -0.120. The molecule has 0 bridgehead atoms. The number of carbonyl (C=O) groups is 1. The van der Waals surface area contributed by atoms with Crippen molar-refractivity contribution < 1.29 is 17.9 Å². The minimum Gasteiger partial charge on any atom is -0.494 e. The van der Waals surface area contributed by atoms with Gasteiger partial charge in [-0.2, -0.15) is 4.31 Å². The molecule has 1 N–H and O–H groups in total. The number of ether oxygens (including phenoxy) is 1. The molecule has 1 aliphatic heterocycles. The number of nitrogens with one attached hydrogen (secondary N) is 1. The van der Waals surface area contributed by atoms with Crippen LogP contribution in [0.5, 0.6) is 5.75 Å². The molecule has 6 nitrogen and oxygen atoms in total. The number of nitrogens with zero attached hydrogens (tertiary/aromatic N) is 1. The average molecular weight is 437 g/mol. The monoisotopic (exact) mass is 436 g/mol. The number of benzene rings is 2. The van der Waals surface area contributed by atoms with Crippen LogP contribution in [0.1, 0.15) is 25.3 Å². The first-order valence-electron chi connectivity index (χ1n) is 9.61. The van der Waals surface area contributed by atoms with Crippen LogP contribution in [0, 0.1) is 12.8 Å². The normalized spacial score (nSPS) is 17.7. The summed E-state index contributed by atoms with van der Waals surface area (Å²) in [7, 11) is -3.69. The summed E-state index contributed by atoms with van der Waals surface area (Å²) in [6.07, 6.45) is 1.27. The molecule has 1 saturated heterocycles. The van der Waals surface area contributed by atoms with E-state index in [-0.39, 0.29) is 17.3 Å². The number of sulfonamides is 1. The van der Waals surface area contributed by atoms with E-state index in [0.29, 0.717) is 42.5 Å². The Morgan fingerprint density at radius 2 is 2.07 bits per heavy atom. The topological polar surface area (TPSA) is 75.7 Å². The Balaban J connectivity index is 1.73. The second kappa shape index (κ2) is 9.15. The fraction of sp³-hybridized carbons (Fsp3) is 0.381. The lowest BCUT2D eigenvalue weighted by Crippen LogP contribution is -2.43. The van der Waals surface area contributed by atoms with Crippen LogP contribution in [0.15, 0.2) is 47.4 Å². The van der Waals surface area contributed by atoms with Gasteiger partial charge in [-0.3, -0.25) is 4.79 Å². The Morgan fingerprint density at radius 3 is 2.76 bits per heavy atom. The van der Waals surface area contributed by atoms with Crippen LogP contribution in [0.2, 0.25) is 5.02 Å². The summed E-state index contributed by atoms with van der Waals surface area (Å²) < 4.78 is 33.1. The van der Waals surface area contributed by atoms with Gasteiger partial charge in [-0.1, -0.05) is 17.7 Å². The standard InChI is InChI=1S/C21H25ClN2O4S/c1-3-28-20-10-9-19(12-15(20)2)29(26,27)24-11-5-6-16(14-24)21(25)23-18-8-4-7-17(22)13-18/h4,7-10,12-13,16H,3,5-6,11,14H2,1-2H3,(H,23,25)/t16-/m0/s1. The van der Waals surface area contributed by atoms with Crippen LogP contribution < -0.4 is 10.1 Å².